The van der Waals surface area contributed by atoms with Crippen molar-refractivity contribution in [2.45, 2.75) is 63.7 Å². The van der Waals surface area contributed by atoms with Crippen molar-refractivity contribution in [3.05, 3.63) is 11.4 Å². The summed E-state index contributed by atoms with van der Waals surface area (Å²) in [5.74, 6) is 0. The first kappa shape index (κ1) is 20.8. The second kappa shape index (κ2) is 10.6. The van der Waals surface area contributed by atoms with E-state index in [1.54, 1.807) is 7.11 Å². The van der Waals surface area contributed by atoms with Crippen molar-refractivity contribution >= 4 is 16.2 Å². The average molecular weight is 345 g/mol. The summed E-state index contributed by atoms with van der Waals surface area (Å²) in [5.41, 5.74) is 0. The van der Waals surface area contributed by atoms with Crippen molar-refractivity contribution in [2.75, 3.05) is 26.9 Å². The first-order valence-electron chi connectivity index (χ1n) is 8.14. The molecule has 1 rings (SSSR count). The molecule has 1 aliphatic heterocycles. The van der Waals surface area contributed by atoms with E-state index in [1.165, 1.54) is 0 Å². The molecule has 0 aliphatic carbocycles. The van der Waals surface area contributed by atoms with Gasteiger partial charge in [-0.3, -0.25) is 0 Å². The van der Waals surface area contributed by atoms with Crippen LogP contribution in [-0.4, -0.2) is 71.3 Å². The van der Waals surface area contributed by atoms with Gasteiger partial charge in [-0.2, -0.15) is 0 Å². The Hall–Kier alpha value is -0.215. The number of hydrogen-bond donors (Lipinski definition) is 0. The van der Waals surface area contributed by atoms with Gasteiger partial charge in [0.2, 0.25) is 6.54 Å². The minimum atomic E-state index is -1.06. The van der Waals surface area contributed by atoms with Crippen LogP contribution in [0.15, 0.2) is 0 Å². The fourth-order valence-electron chi connectivity index (χ4n) is 2.52. The maximum absolute atomic E-state index is 6.79. The third kappa shape index (κ3) is 6.30. The molecule has 0 bridgehead atoms. The van der Waals surface area contributed by atoms with Crippen LogP contribution in [0.3, 0.4) is 0 Å². The van der Waals surface area contributed by atoms with Gasteiger partial charge in [-0.25, -0.2) is 6.57 Å². The third-order valence-corrected chi connectivity index (χ3v) is 5.18. The van der Waals surface area contributed by atoms with Crippen molar-refractivity contribution in [3.63, 3.8) is 0 Å². The van der Waals surface area contributed by atoms with Gasteiger partial charge in [0.1, 0.15) is 26.7 Å². The Kier molecular flexibility index (Phi) is 9.61. The van der Waals surface area contributed by atoms with E-state index in [2.05, 4.69) is 11.8 Å². The van der Waals surface area contributed by atoms with Gasteiger partial charge in [0.25, 0.3) is 0 Å². The molecule has 6 nitrogen and oxygen atoms in total. The van der Waals surface area contributed by atoms with E-state index in [9.17, 15) is 0 Å². The summed E-state index contributed by atoms with van der Waals surface area (Å²) in [6.07, 6.45) is 0.487. The van der Waals surface area contributed by atoms with E-state index in [1.807, 2.05) is 28.4 Å². The van der Waals surface area contributed by atoms with Crippen LogP contribution in [0.2, 0.25) is 0 Å². The molecule has 0 aromatic heterocycles. The summed E-state index contributed by atoms with van der Waals surface area (Å²) in [4.78, 5) is 3.28. The van der Waals surface area contributed by atoms with Crippen molar-refractivity contribution < 1.29 is 23.3 Å². The highest BCUT2D eigenvalue weighted by molar-refractivity contribution is 7.46. The number of methoxy groups -OCH3 is 1. The Bertz CT molecular complexity index is 383. The number of ether oxygens (including phenoxy) is 3. The van der Waals surface area contributed by atoms with E-state index >= 15 is 0 Å². The van der Waals surface area contributed by atoms with Gasteiger partial charge in [0, 0.05) is 13.8 Å². The van der Waals surface area contributed by atoms with Gasteiger partial charge in [0.15, 0.2) is 8.38 Å². The molecule has 132 valence electrons. The average Bonchev–Trinajstić information content (AvgIpc) is 2.82. The van der Waals surface area contributed by atoms with E-state index in [-0.39, 0.29) is 36.5 Å². The van der Waals surface area contributed by atoms with Gasteiger partial charge in [-0.05, 0) is 20.3 Å². The van der Waals surface area contributed by atoms with E-state index < -0.39 is 8.38 Å². The maximum Gasteiger partial charge on any atom is 0.238 e. The van der Waals surface area contributed by atoms with Crippen LogP contribution >= 0.6 is 8.38 Å². The van der Waals surface area contributed by atoms with Gasteiger partial charge in [-0.1, -0.05) is 6.92 Å². The lowest BCUT2D eigenvalue weighted by molar-refractivity contribution is -0.100. The van der Waals surface area contributed by atoms with Crippen LogP contribution in [-0.2, 0) is 23.3 Å². The lowest BCUT2D eigenvalue weighted by Crippen LogP contribution is -2.41. The molecule has 0 N–H and O–H groups in total. The molecule has 2 unspecified atom stereocenters. The molecule has 0 aromatic carbocycles. The normalized spacial score (nSPS) is 31.5. The molecular formula is C15H29BNO5P. The summed E-state index contributed by atoms with van der Waals surface area (Å²) in [6, 6.07) is -0.0388. The SMILES string of the molecule is B[C@@H]1O[C@H](CC)C(OP(C)OCC[N+]#[C-])[C@@H]1O[C@H](C)[C@H](C)OC. The Morgan fingerprint density at radius 3 is 2.57 bits per heavy atom. The lowest BCUT2D eigenvalue weighted by Gasteiger charge is -2.30. The number of nitrogens with zero attached hydrogens (tertiary/aromatic N) is 1. The quantitative estimate of drug-likeness (QED) is 0.262. The molecule has 0 aromatic rings. The fraction of sp³-hybridized carbons (Fsp3) is 0.933. The van der Waals surface area contributed by atoms with Gasteiger partial charge in [0.05, 0.1) is 24.3 Å². The molecule has 0 spiro atoms. The summed E-state index contributed by atoms with van der Waals surface area (Å²) >= 11 is 0. The summed E-state index contributed by atoms with van der Waals surface area (Å²) in [5, 5.41) is 0. The topological polar surface area (TPSA) is 50.5 Å². The summed E-state index contributed by atoms with van der Waals surface area (Å²) < 4.78 is 29.2. The zero-order valence-corrected chi connectivity index (χ0v) is 15.9. The predicted molar refractivity (Wildman–Crippen MR) is 93.4 cm³/mol. The largest absolute Gasteiger partial charge is 0.379 e. The molecule has 1 fully saturated rings. The molecule has 0 saturated carbocycles. The molecule has 0 radical (unpaired) electrons. The summed E-state index contributed by atoms with van der Waals surface area (Å²) in [6.45, 7) is 15.5. The lowest BCUT2D eigenvalue weighted by atomic mass is 9.92. The maximum atomic E-state index is 6.79. The van der Waals surface area contributed by atoms with E-state index in [0.717, 1.165) is 6.42 Å². The molecule has 0 amide bonds. The Labute approximate surface area is 142 Å². The van der Waals surface area contributed by atoms with Crippen molar-refractivity contribution in [1.29, 1.82) is 0 Å². The molecular weight excluding hydrogens is 316 g/mol. The second-order valence-electron chi connectivity index (χ2n) is 5.76. The predicted octanol–water partition coefficient (Wildman–Crippen LogP) is 1.83. The van der Waals surface area contributed by atoms with E-state index in [0.29, 0.717) is 13.2 Å². The van der Waals surface area contributed by atoms with Gasteiger partial charge < -0.3 is 28.1 Å². The highest BCUT2D eigenvalue weighted by atomic mass is 31.2. The van der Waals surface area contributed by atoms with Crippen LogP contribution in [0.5, 0.6) is 0 Å². The first-order valence-corrected chi connectivity index (χ1v) is 9.77. The Balaban J connectivity index is 2.67. The highest BCUT2D eigenvalue weighted by Crippen LogP contribution is 2.41. The fourth-order valence-corrected chi connectivity index (χ4v) is 3.52. The van der Waals surface area contributed by atoms with Crippen LogP contribution in [0, 0.1) is 6.57 Å². The molecule has 7 atom stereocenters. The van der Waals surface area contributed by atoms with Crippen LogP contribution < -0.4 is 0 Å². The zero-order valence-electron chi connectivity index (χ0n) is 15.0. The van der Waals surface area contributed by atoms with E-state index in [4.69, 9.17) is 29.8 Å². The van der Waals surface area contributed by atoms with Crippen molar-refractivity contribution in [1.82, 2.24) is 0 Å². The standard InChI is InChI=1S/C15H29BNO5P/c1-7-12-13(22-23(6)19-9-8-17-4)14(15(16)21-12)20-11(3)10(2)18-5/h10-15H,7-9,16H2,1-3,5-6H3/t10-,11+,12+,13?,14-,15+,23?/m0/s1. The van der Waals surface area contributed by atoms with Crippen molar-refractivity contribution in [3.8, 4) is 0 Å². The molecule has 23 heavy (non-hydrogen) atoms. The third-order valence-electron chi connectivity index (χ3n) is 4.10. The number of hydrogen-bond acceptors (Lipinski definition) is 5. The number of rotatable bonds is 10. The monoisotopic (exact) mass is 345 g/mol. The molecule has 1 saturated heterocycles. The van der Waals surface area contributed by atoms with Crippen LogP contribution in [0.1, 0.15) is 27.2 Å². The second-order valence-corrected chi connectivity index (χ2v) is 7.11. The molecule has 1 heterocycles. The smallest absolute Gasteiger partial charge is 0.238 e. The van der Waals surface area contributed by atoms with Gasteiger partial charge in [-0.15, -0.1) is 0 Å². The Morgan fingerprint density at radius 2 is 2.00 bits per heavy atom. The molecule has 1 aliphatic rings. The Morgan fingerprint density at radius 1 is 1.30 bits per heavy atom. The molecule has 8 heteroatoms. The highest BCUT2D eigenvalue weighted by Gasteiger charge is 2.45. The van der Waals surface area contributed by atoms with Crippen LogP contribution in [0.4, 0.5) is 0 Å². The van der Waals surface area contributed by atoms with Crippen molar-refractivity contribution in [2.24, 2.45) is 0 Å². The van der Waals surface area contributed by atoms with Gasteiger partial charge >= 0.3 is 0 Å². The first-order chi connectivity index (χ1) is 10.9. The minimum Gasteiger partial charge on any atom is -0.379 e. The zero-order chi connectivity index (χ0) is 17.4. The minimum absolute atomic E-state index is 0.00146. The summed E-state index contributed by atoms with van der Waals surface area (Å²) in [7, 11) is 2.63. The van der Waals surface area contributed by atoms with Crippen LogP contribution in [0.25, 0.3) is 4.85 Å².